The predicted molar refractivity (Wildman–Crippen MR) is 111 cm³/mol. The van der Waals surface area contributed by atoms with Crippen molar-refractivity contribution < 1.29 is 4.42 Å². The van der Waals surface area contributed by atoms with Crippen LogP contribution >= 0.6 is 0 Å². The molecule has 6 heteroatoms. The van der Waals surface area contributed by atoms with E-state index >= 15 is 0 Å². The molecule has 6 nitrogen and oxygen atoms in total. The average molecular weight is 370 g/mol. The van der Waals surface area contributed by atoms with Crippen molar-refractivity contribution in [3.8, 4) is 0 Å². The van der Waals surface area contributed by atoms with E-state index in [9.17, 15) is 0 Å². The number of para-hydroxylation sites is 1. The van der Waals surface area contributed by atoms with Crippen LogP contribution < -0.4 is 15.5 Å². The van der Waals surface area contributed by atoms with E-state index in [4.69, 9.17) is 4.42 Å². The van der Waals surface area contributed by atoms with Crippen molar-refractivity contribution in [1.82, 2.24) is 15.5 Å². The molecule has 0 radical (unpaired) electrons. The molecule has 0 spiro atoms. The van der Waals surface area contributed by atoms with Gasteiger partial charge in [0.1, 0.15) is 5.76 Å². The third kappa shape index (κ3) is 5.50. The van der Waals surface area contributed by atoms with Gasteiger partial charge >= 0.3 is 0 Å². The summed E-state index contributed by atoms with van der Waals surface area (Å²) in [5.74, 6) is 1.84. The highest BCUT2D eigenvalue weighted by molar-refractivity contribution is 5.79. The molecule has 1 aromatic carbocycles. The summed E-state index contributed by atoms with van der Waals surface area (Å²) in [6.07, 6.45) is 4.27. The Labute approximate surface area is 162 Å². The number of guanidine groups is 1. The van der Waals surface area contributed by atoms with Crippen molar-refractivity contribution in [2.75, 3.05) is 51.7 Å². The number of likely N-dealkylation sites (tertiary alicyclic amines) is 1. The first-order chi connectivity index (χ1) is 13.3. The Balaban J connectivity index is 1.47. The van der Waals surface area contributed by atoms with Gasteiger partial charge in [-0.3, -0.25) is 9.89 Å². The molecule has 1 fully saturated rings. The molecule has 0 aliphatic carbocycles. The van der Waals surface area contributed by atoms with Crippen LogP contribution in [0.3, 0.4) is 0 Å². The third-order valence-corrected chi connectivity index (χ3v) is 5.08. The normalized spacial score (nSPS) is 16.3. The van der Waals surface area contributed by atoms with Gasteiger partial charge in [-0.1, -0.05) is 18.2 Å². The second kappa shape index (κ2) is 10.0. The van der Waals surface area contributed by atoms with Gasteiger partial charge in [0, 0.05) is 39.4 Å². The molecule has 1 aliphatic rings. The number of furan rings is 1. The lowest BCUT2D eigenvalue weighted by Gasteiger charge is -2.27. The molecule has 146 valence electrons. The van der Waals surface area contributed by atoms with Crippen LogP contribution in [-0.2, 0) is 0 Å². The van der Waals surface area contributed by atoms with Crippen molar-refractivity contribution in [3.05, 3.63) is 54.5 Å². The van der Waals surface area contributed by atoms with Gasteiger partial charge in [-0.25, -0.2) is 0 Å². The number of rotatable bonds is 8. The van der Waals surface area contributed by atoms with E-state index in [0.717, 1.165) is 44.4 Å². The highest BCUT2D eigenvalue weighted by Crippen LogP contribution is 2.24. The van der Waals surface area contributed by atoms with Gasteiger partial charge in [-0.15, -0.1) is 0 Å². The Bertz CT molecular complexity index is 680. The third-order valence-electron chi connectivity index (χ3n) is 5.08. The molecule has 1 aromatic heterocycles. The number of nitrogens with one attached hydrogen (secondary N) is 2. The molecule has 0 amide bonds. The Morgan fingerprint density at radius 1 is 1.15 bits per heavy atom. The van der Waals surface area contributed by atoms with E-state index in [1.54, 1.807) is 6.26 Å². The molecule has 0 saturated carbocycles. The van der Waals surface area contributed by atoms with Crippen molar-refractivity contribution in [3.63, 3.8) is 0 Å². The first-order valence-electron chi connectivity index (χ1n) is 9.76. The summed E-state index contributed by atoms with van der Waals surface area (Å²) in [5, 5.41) is 6.88. The molecular formula is C21H31N5O. The number of aliphatic imine (C=N–C) groups is 1. The van der Waals surface area contributed by atoms with Gasteiger partial charge in [0.25, 0.3) is 0 Å². The van der Waals surface area contributed by atoms with Crippen LogP contribution in [0.2, 0.25) is 0 Å². The summed E-state index contributed by atoms with van der Waals surface area (Å²) in [6.45, 7) is 4.75. The van der Waals surface area contributed by atoms with Crippen LogP contribution in [0.4, 0.5) is 5.69 Å². The highest BCUT2D eigenvalue weighted by atomic mass is 16.3. The Morgan fingerprint density at radius 3 is 2.59 bits per heavy atom. The first-order valence-corrected chi connectivity index (χ1v) is 9.76. The number of hydrogen-bond acceptors (Lipinski definition) is 4. The van der Waals surface area contributed by atoms with Crippen LogP contribution in [0.25, 0.3) is 0 Å². The minimum Gasteiger partial charge on any atom is -0.468 e. The molecule has 0 bridgehead atoms. The molecule has 1 unspecified atom stereocenters. The summed E-state index contributed by atoms with van der Waals surface area (Å²) >= 11 is 0. The fourth-order valence-electron chi connectivity index (χ4n) is 3.51. The van der Waals surface area contributed by atoms with Crippen LogP contribution in [0, 0.1) is 0 Å². The lowest BCUT2D eigenvalue weighted by atomic mass is 10.2. The largest absolute Gasteiger partial charge is 0.468 e. The van der Waals surface area contributed by atoms with E-state index in [1.807, 2.05) is 19.2 Å². The summed E-state index contributed by atoms with van der Waals surface area (Å²) in [6, 6.07) is 14.7. The number of hydrogen-bond donors (Lipinski definition) is 2. The van der Waals surface area contributed by atoms with E-state index < -0.39 is 0 Å². The van der Waals surface area contributed by atoms with Gasteiger partial charge in [0.05, 0.1) is 12.3 Å². The van der Waals surface area contributed by atoms with Gasteiger partial charge in [-0.2, -0.15) is 0 Å². The lowest BCUT2D eigenvalue weighted by Crippen LogP contribution is -2.44. The average Bonchev–Trinajstić information content (AvgIpc) is 3.42. The topological polar surface area (TPSA) is 56.0 Å². The van der Waals surface area contributed by atoms with E-state index in [1.165, 1.54) is 18.5 Å². The summed E-state index contributed by atoms with van der Waals surface area (Å²) in [7, 11) is 3.92. The molecule has 1 atom stereocenters. The van der Waals surface area contributed by atoms with Crippen molar-refractivity contribution in [2.45, 2.75) is 18.9 Å². The molecule has 1 aliphatic heterocycles. The molecule has 2 N–H and O–H groups in total. The second-order valence-electron chi connectivity index (χ2n) is 6.91. The zero-order valence-electron chi connectivity index (χ0n) is 16.4. The minimum atomic E-state index is 0.244. The summed E-state index contributed by atoms with van der Waals surface area (Å²) in [4.78, 5) is 9.09. The monoisotopic (exact) mass is 369 g/mol. The quantitative estimate of drug-likeness (QED) is 0.553. The number of likely N-dealkylation sites (N-methyl/N-ethyl adjacent to an activating group) is 1. The van der Waals surface area contributed by atoms with E-state index in [2.05, 4.69) is 62.8 Å². The van der Waals surface area contributed by atoms with Crippen LogP contribution in [0.5, 0.6) is 0 Å². The molecule has 1 saturated heterocycles. The van der Waals surface area contributed by atoms with Crippen molar-refractivity contribution in [1.29, 1.82) is 0 Å². The van der Waals surface area contributed by atoms with Gasteiger partial charge in [0.15, 0.2) is 5.96 Å². The summed E-state index contributed by atoms with van der Waals surface area (Å²) < 4.78 is 5.69. The lowest BCUT2D eigenvalue weighted by molar-refractivity contribution is 0.215. The molecular weight excluding hydrogens is 338 g/mol. The Hall–Kier alpha value is -2.47. The molecule has 2 aromatic rings. The van der Waals surface area contributed by atoms with Crippen molar-refractivity contribution in [2.24, 2.45) is 4.99 Å². The molecule has 27 heavy (non-hydrogen) atoms. The molecule has 2 heterocycles. The van der Waals surface area contributed by atoms with Crippen LogP contribution in [0.1, 0.15) is 24.6 Å². The van der Waals surface area contributed by atoms with Crippen molar-refractivity contribution >= 4 is 11.6 Å². The Kier molecular flexibility index (Phi) is 7.16. The number of nitrogens with zero attached hydrogens (tertiary/aromatic N) is 3. The van der Waals surface area contributed by atoms with Gasteiger partial charge in [-0.05, 0) is 50.2 Å². The smallest absolute Gasteiger partial charge is 0.191 e. The van der Waals surface area contributed by atoms with E-state index in [0.29, 0.717) is 0 Å². The van der Waals surface area contributed by atoms with Crippen LogP contribution in [-0.4, -0.2) is 57.7 Å². The van der Waals surface area contributed by atoms with Crippen LogP contribution in [0.15, 0.2) is 58.1 Å². The summed E-state index contributed by atoms with van der Waals surface area (Å²) in [5.41, 5.74) is 1.22. The maximum absolute atomic E-state index is 5.69. The zero-order chi connectivity index (χ0) is 18.9. The van der Waals surface area contributed by atoms with Gasteiger partial charge in [0.2, 0.25) is 0 Å². The number of anilines is 1. The SMILES string of the molecule is CN=C(NCCN(C)c1ccccc1)NCC(c1ccco1)N1CCCC1. The predicted octanol–water partition coefficient (Wildman–Crippen LogP) is 2.72. The number of benzene rings is 1. The maximum Gasteiger partial charge on any atom is 0.191 e. The minimum absolute atomic E-state index is 0.244. The molecule has 3 rings (SSSR count). The highest BCUT2D eigenvalue weighted by Gasteiger charge is 2.25. The fraction of sp³-hybridized carbons (Fsp3) is 0.476. The standard InChI is InChI=1S/C21H31N5O/c1-22-21(23-12-15-25(2)18-9-4-3-5-10-18)24-17-19(20-11-8-16-27-20)26-13-6-7-14-26/h3-5,8-11,16,19H,6-7,12-15,17H2,1-2H3,(H2,22,23,24). The zero-order valence-corrected chi connectivity index (χ0v) is 16.4. The maximum atomic E-state index is 5.69. The van der Waals surface area contributed by atoms with E-state index in [-0.39, 0.29) is 6.04 Å². The second-order valence-corrected chi connectivity index (χ2v) is 6.91. The Morgan fingerprint density at radius 2 is 1.93 bits per heavy atom. The van der Waals surface area contributed by atoms with Gasteiger partial charge < -0.3 is 20.0 Å². The first kappa shape index (κ1) is 19.3. The fourth-order valence-corrected chi connectivity index (χ4v) is 3.51.